The second-order valence-corrected chi connectivity index (χ2v) is 5.77. The van der Waals surface area contributed by atoms with E-state index < -0.39 is 5.82 Å². The molecule has 0 spiro atoms. The zero-order valence-corrected chi connectivity index (χ0v) is 10.8. The first-order valence-corrected chi connectivity index (χ1v) is 6.71. The van der Waals surface area contributed by atoms with Crippen LogP contribution in [0.5, 0.6) is 0 Å². The van der Waals surface area contributed by atoms with E-state index in [9.17, 15) is 9.18 Å². The fourth-order valence-corrected chi connectivity index (χ4v) is 3.36. The van der Waals surface area contributed by atoms with E-state index in [0.29, 0.717) is 10.4 Å². The molecule has 3 unspecified atom stereocenters. The van der Waals surface area contributed by atoms with Crippen LogP contribution in [0.25, 0.3) is 0 Å². The van der Waals surface area contributed by atoms with Crippen molar-refractivity contribution in [2.75, 3.05) is 0 Å². The third kappa shape index (κ3) is 1.99. The Morgan fingerprint density at radius 1 is 1.41 bits per heavy atom. The van der Waals surface area contributed by atoms with E-state index in [1.165, 1.54) is 18.9 Å². The van der Waals surface area contributed by atoms with Crippen LogP contribution in [-0.4, -0.2) is 11.9 Å². The Morgan fingerprint density at radius 2 is 2.24 bits per heavy atom. The van der Waals surface area contributed by atoms with Crippen molar-refractivity contribution in [3.8, 4) is 0 Å². The van der Waals surface area contributed by atoms with Crippen molar-refractivity contribution in [1.29, 1.82) is 0 Å². The Bertz CT molecular complexity index is 456. The average molecular weight is 298 g/mol. The second kappa shape index (κ2) is 4.09. The molecule has 0 aliphatic heterocycles. The standard InChI is InChI=1S/C13H13BrFNO/c14-9-2-1-3-10(15)12(9)13(17)16-11-5-4-7-6-8(7)11/h1-3,7-8,11H,4-6H2,(H,16,17). The highest BCUT2D eigenvalue weighted by Crippen LogP contribution is 2.51. The molecule has 3 rings (SSSR count). The van der Waals surface area contributed by atoms with Crippen molar-refractivity contribution < 1.29 is 9.18 Å². The van der Waals surface area contributed by atoms with Crippen molar-refractivity contribution in [3.63, 3.8) is 0 Å². The number of carbonyl (C=O) groups is 1. The predicted molar refractivity (Wildman–Crippen MR) is 66.2 cm³/mol. The lowest BCUT2D eigenvalue weighted by Gasteiger charge is -2.15. The first-order chi connectivity index (χ1) is 8.16. The van der Waals surface area contributed by atoms with Crippen LogP contribution in [0.2, 0.25) is 0 Å². The molecule has 0 bridgehead atoms. The maximum atomic E-state index is 13.6. The van der Waals surface area contributed by atoms with Gasteiger partial charge < -0.3 is 5.32 Å². The minimum Gasteiger partial charge on any atom is -0.349 e. The summed E-state index contributed by atoms with van der Waals surface area (Å²) in [5, 5.41) is 2.96. The summed E-state index contributed by atoms with van der Waals surface area (Å²) < 4.78 is 14.1. The van der Waals surface area contributed by atoms with Crippen LogP contribution >= 0.6 is 15.9 Å². The van der Waals surface area contributed by atoms with E-state index in [2.05, 4.69) is 21.2 Å². The molecular weight excluding hydrogens is 285 g/mol. The van der Waals surface area contributed by atoms with Crippen molar-refractivity contribution >= 4 is 21.8 Å². The monoisotopic (exact) mass is 297 g/mol. The van der Waals surface area contributed by atoms with Gasteiger partial charge in [-0.1, -0.05) is 6.07 Å². The van der Waals surface area contributed by atoms with Gasteiger partial charge in [-0.05, 0) is 59.2 Å². The zero-order chi connectivity index (χ0) is 12.0. The SMILES string of the molecule is O=C(NC1CCC2CC21)c1c(F)cccc1Br. The molecule has 3 atom stereocenters. The predicted octanol–water partition coefficient (Wildman–Crippen LogP) is 3.12. The molecule has 1 aromatic carbocycles. The van der Waals surface area contributed by atoms with Crippen molar-refractivity contribution in [3.05, 3.63) is 34.1 Å². The zero-order valence-electron chi connectivity index (χ0n) is 9.25. The minimum absolute atomic E-state index is 0.122. The lowest BCUT2D eigenvalue weighted by Crippen LogP contribution is -2.35. The largest absolute Gasteiger partial charge is 0.349 e. The smallest absolute Gasteiger partial charge is 0.255 e. The quantitative estimate of drug-likeness (QED) is 0.893. The summed E-state index contributed by atoms with van der Waals surface area (Å²) in [7, 11) is 0. The summed E-state index contributed by atoms with van der Waals surface area (Å²) >= 11 is 3.22. The van der Waals surface area contributed by atoms with Crippen LogP contribution in [0.4, 0.5) is 4.39 Å². The van der Waals surface area contributed by atoms with Gasteiger partial charge in [-0.25, -0.2) is 4.39 Å². The van der Waals surface area contributed by atoms with E-state index in [0.717, 1.165) is 12.3 Å². The van der Waals surface area contributed by atoms with Crippen molar-refractivity contribution in [2.45, 2.75) is 25.3 Å². The van der Waals surface area contributed by atoms with E-state index in [4.69, 9.17) is 0 Å². The van der Waals surface area contributed by atoms with Gasteiger partial charge in [-0.3, -0.25) is 4.79 Å². The number of carbonyl (C=O) groups excluding carboxylic acids is 1. The summed E-state index contributed by atoms with van der Waals surface area (Å²) in [4.78, 5) is 12.0. The van der Waals surface area contributed by atoms with Crippen LogP contribution in [0.3, 0.4) is 0 Å². The molecule has 0 heterocycles. The lowest BCUT2D eigenvalue weighted by atomic mass is 10.1. The molecule has 0 radical (unpaired) electrons. The molecule has 1 aromatic rings. The Balaban J connectivity index is 1.77. The Labute approximate surface area is 108 Å². The highest BCUT2D eigenvalue weighted by Gasteiger charge is 2.48. The van der Waals surface area contributed by atoms with Crippen molar-refractivity contribution in [1.82, 2.24) is 5.32 Å². The minimum atomic E-state index is -0.470. The number of nitrogens with one attached hydrogen (secondary N) is 1. The summed E-state index contributed by atoms with van der Waals surface area (Å²) in [6, 6.07) is 4.84. The van der Waals surface area contributed by atoms with Gasteiger partial charge in [0.1, 0.15) is 5.82 Å². The molecule has 4 heteroatoms. The highest BCUT2D eigenvalue weighted by molar-refractivity contribution is 9.10. The fourth-order valence-electron chi connectivity index (χ4n) is 2.84. The second-order valence-electron chi connectivity index (χ2n) is 4.91. The molecular formula is C13H13BrFNO. The van der Waals surface area contributed by atoms with E-state index in [-0.39, 0.29) is 17.5 Å². The Kier molecular flexibility index (Phi) is 2.69. The Morgan fingerprint density at radius 3 is 2.82 bits per heavy atom. The molecule has 1 amide bonds. The summed E-state index contributed by atoms with van der Waals surface area (Å²) in [6.45, 7) is 0. The van der Waals surface area contributed by atoms with E-state index >= 15 is 0 Å². The third-order valence-corrected chi connectivity index (χ3v) is 4.51. The van der Waals surface area contributed by atoms with Crippen molar-refractivity contribution in [2.24, 2.45) is 11.8 Å². The normalized spacial score (nSPS) is 29.9. The van der Waals surface area contributed by atoms with Gasteiger partial charge in [0, 0.05) is 10.5 Å². The molecule has 0 saturated heterocycles. The summed E-state index contributed by atoms with van der Waals surface area (Å²) in [5.41, 5.74) is 0.122. The van der Waals surface area contributed by atoms with E-state index in [1.54, 1.807) is 12.1 Å². The number of benzene rings is 1. The molecule has 2 aliphatic rings. The van der Waals surface area contributed by atoms with Gasteiger partial charge in [-0.15, -0.1) is 0 Å². The number of hydrogen-bond acceptors (Lipinski definition) is 1. The number of rotatable bonds is 2. The van der Waals surface area contributed by atoms with Gasteiger partial charge in [0.15, 0.2) is 0 Å². The molecule has 90 valence electrons. The molecule has 2 aliphatic carbocycles. The average Bonchev–Trinajstić information content (AvgIpc) is 2.95. The molecule has 2 fully saturated rings. The van der Waals surface area contributed by atoms with Gasteiger partial charge in [-0.2, -0.15) is 0 Å². The van der Waals surface area contributed by atoms with E-state index in [1.807, 2.05) is 0 Å². The number of fused-ring (bicyclic) bond motifs is 1. The number of halogens is 2. The first-order valence-electron chi connectivity index (χ1n) is 5.91. The summed E-state index contributed by atoms with van der Waals surface area (Å²) in [5.74, 6) is 0.684. The van der Waals surface area contributed by atoms with Gasteiger partial charge in [0.2, 0.25) is 0 Å². The molecule has 1 N–H and O–H groups in total. The van der Waals surface area contributed by atoms with Gasteiger partial charge in [0.25, 0.3) is 5.91 Å². The number of hydrogen-bond donors (Lipinski definition) is 1. The molecule has 2 nitrogen and oxygen atoms in total. The van der Waals surface area contributed by atoms with Crippen LogP contribution in [0.1, 0.15) is 29.6 Å². The maximum Gasteiger partial charge on any atom is 0.255 e. The first kappa shape index (κ1) is 11.2. The number of amides is 1. The topological polar surface area (TPSA) is 29.1 Å². The van der Waals surface area contributed by atoms with Crippen LogP contribution in [0.15, 0.2) is 22.7 Å². The molecule has 0 aromatic heterocycles. The fraction of sp³-hybridized carbons (Fsp3) is 0.462. The maximum absolute atomic E-state index is 13.6. The molecule has 2 saturated carbocycles. The summed E-state index contributed by atoms with van der Waals surface area (Å²) in [6.07, 6.45) is 3.46. The van der Waals surface area contributed by atoms with Gasteiger partial charge in [0.05, 0.1) is 5.56 Å². The Hall–Kier alpha value is -0.900. The molecule has 17 heavy (non-hydrogen) atoms. The van der Waals surface area contributed by atoms with Crippen LogP contribution in [-0.2, 0) is 0 Å². The van der Waals surface area contributed by atoms with Crippen LogP contribution in [0, 0.1) is 17.7 Å². The van der Waals surface area contributed by atoms with Gasteiger partial charge >= 0.3 is 0 Å². The lowest BCUT2D eigenvalue weighted by molar-refractivity contribution is 0.0928. The third-order valence-electron chi connectivity index (χ3n) is 3.85. The van der Waals surface area contributed by atoms with Crippen LogP contribution < -0.4 is 5.32 Å². The highest BCUT2D eigenvalue weighted by atomic mass is 79.9.